The van der Waals surface area contributed by atoms with Crippen molar-refractivity contribution in [2.75, 3.05) is 0 Å². The van der Waals surface area contributed by atoms with Gasteiger partial charge in [0.25, 0.3) is 0 Å². The number of rotatable bonds is 3. The highest BCUT2D eigenvalue weighted by atomic mass is 79.9. The van der Waals surface area contributed by atoms with Crippen LogP contribution in [0.3, 0.4) is 0 Å². The molecule has 0 bridgehead atoms. The first kappa shape index (κ1) is 13.4. The molecule has 1 heterocycles. The molecule has 2 nitrogen and oxygen atoms in total. The first-order valence-electron chi connectivity index (χ1n) is 6.15. The van der Waals surface area contributed by atoms with Crippen molar-refractivity contribution in [1.82, 2.24) is 4.98 Å². The van der Waals surface area contributed by atoms with Crippen molar-refractivity contribution in [2.45, 2.75) is 6.61 Å². The van der Waals surface area contributed by atoms with E-state index in [2.05, 4.69) is 20.9 Å². The molecular weight excluding hydrogens is 338 g/mol. The molecule has 0 atom stereocenters. The van der Waals surface area contributed by atoms with Gasteiger partial charge in [0.1, 0.15) is 17.5 Å². The molecule has 0 N–H and O–H groups in total. The zero-order valence-corrected chi connectivity index (χ0v) is 12.9. The van der Waals surface area contributed by atoms with Crippen LogP contribution in [0, 0.1) is 0 Å². The van der Waals surface area contributed by atoms with Gasteiger partial charge in [0.15, 0.2) is 0 Å². The molecule has 3 aromatic rings. The normalized spacial score (nSPS) is 10.7. The van der Waals surface area contributed by atoms with Crippen LogP contribution in [0.2, 0.25) is 5.15 Å². The van der Waals surface area contributed by atoms with Crippen LogP contribution in [0.4, 0.5) is 0 Å². The van der Waals surface area contributed by atoms with E-state index in [1.54, 1.807) is 0 Å². The number of benzene rings is 2. The standard InChI is InChI=1S/C16H11BrClNO/c17-13-5-7-14(8-6-13)20-10-12-9-11-3-1-2-4-15(11)19-16(12)18/h1-9H,10H2. The van der Waals surface area contributed by atoms with Gasteiger partial charge in [-0.3, -0.25) is 0 Å². The predicted octanol–water partition coefficient (Wildman–Crippen LogP) is 5.23. The molecule has 1 aromatic heterocycles. The van der Waals surface area contributed by atoms with E-state index < -0.39 is 0 Å². The lowest BCUT2D eigenvalue weighted by molar-refractivity contribution is 0.306. The van der Waals surface area contributed by atoms with Crippen molar-refractivity contribution in [1.29, 1.82) is 0 Å². The zero-order chi connectivity index (χ0) is 13.9. The summed E-state index contributed by atoms with van der Waals surface area (Å²) in [5.74, 6) is 0.803. The fourth-order valence-corrected chi connectivity index (χ4v) is 2.39. The summed E-state index contributed by atoms with van der Waals surface area (Å²) in [4.78, 5) is 4.38. The molecule has 0 aliphatic heterocycles. The van der Waals surface area contributed by atoms with E-state index in [4.69, 9.17) is 16.3 Å². The van der Waals surface area contributed by atoms with Gasteiger partial charge in [-0.25, -0.2) is 4.98 Å². The van der Waals surface area contributed by atoms with Crippen LogP contribution in [0.1, 0.15) is 5.56 Å². The van der Waals surface area contributed by atoms with Gasteiger partial charge in [-0.15, -0.1) is 0 Å². The average Bonchev–Trinajstić information content (AvgIpc) is 2.47. The fraction of sp³-hybridized carbons (Fsp3) is 0.0625. The highest BCUT2D eigenvalue weighted by Crippen LogP contribution is 2.23. The van der Waals surface area contributed by atoms with Crippen LogP contribution in [0.5, 0.6) is 5.75 Å². The number of hydrogen-bond donors (Lipinski definition) is 0. The van der Waals surface area contributed by atoms with Crippen LogP contribution in [0.25, 0.3) is 10.9 Å². The smallest absolute Gasteiger partial charge is 0.136 e. The molecule has 0 spiro atoms. The molecule has 20 heavy (non-hydrogen) atoms. The maximum absolute atomic E-state index is 6.20. The van der Waals surface area contributed by atoms with Gasteiger partial charge in [0.05, 0.1) is 5.52 Å². The number of hydrogen-bond acceptors (Lipinski definition) is 2. The average molecular weight is 349 g/mol. The van der Waals surface area contributed by atoms with Crippen LogP contribution >= 0.6 is 27.5 Å². The van der Waals surface area contributed by atoms with Crippen molar-refractivity contribution in [3.8, 4) is 5.75 Å². The largest absolute Gasteiger partial charge is 0.489 e. The van der Waals surface area contributed by atoms with Gasteiger partial charge in [-0.1, -0.05) is 45.7 Å². The Balaban J connectivity index is 1.83. The zero-order valence-electron chi connectivity index (χ0n) is 10.5. The van der Waals surface area contributed by atoms with Crippen molar-refractivity contribution in [3.05, 3.63) is 69.8 Å². The second-order valence-corrected chi connectivity index (χ2v) is 5.65. The molecule has 0 fully saturated rings. The molecule has 100 valence electrons. The van der Waals surface area contributed by atoms with E-state index in [-0.39, 0.29) is 0 Å². The molecule has 0 saturated heterocycles. The van der Waals surface area contributed by atoms with Crippen molar-refractivity contribution >= 4 is 38.4 Å². The second kappa shape index (κ2) is 5.81. The van der Waals surface area contributed by atoms with Crippen LogP contribution in [-0.4, -0.2) is 4.98 Å². The highest BCUT2D eigenvalue weighted by molar-refractivity contribution is 9.10. The highest BCUT2D eigenvalue weighted by Gasteiger charge is 2.05. The molecule has 0 saturated carbocycles. The molecule has 0 aliphatic carbocycles. The first-order chi connectivity index (χ1) is 9.72. The number of para-hydroxylation sites is 1. The quantitative estimate of drug-likeness (QED) is 0.605. The summed E-state index contributed by atoms with van der Waals surface area (Å²) in [6, 6.07) is 17.6. The topological polar surface area (TPSA) is 22.1 Å². The Labute approximate surface area is 130 Å². The third-order valence-corrected chi connectivity index (χ3v) is 3.81. The van der Waals surface area contributed by atoms with Crippen molar-refractivity contribution in [2.24, 2.45) is 0 Å². The Kier molecular flexibility index (Phi) is 3.90. The van der Waals surface area contributed by atoms with Gasteiger partial charge in [0.2, 0.25) is 0 Å². The number of halogens is 2. The maximum Gasteiger partial charge on any atom is 0.136 e. The summed E-state index contributed by atoms with van der Waals surface area (Å²) >= 11 is 9.59. The van der Waals surface area contributed by atoms with Crippen molar-refractivity contribution in [3.63, 3.8) is 0 Å². The summed E-state index contributed by atoms with van der Waals surface area (Å²) in [6.07, 6.45) is 0. The molecule has 4 heteroatoms. The number of fused-ring (bicyclic) bond motifs is 1. The Bertz CT molecular complexity index is 743. The van der Waals surface area contributed by atoms with E-state index in [1.165, 1.54) is 0 Å². The molecule has 0 aliphatic rings. The summed E-state index contributed by atoms with van der Waals surface area (Å²) in [7, 11) is 0. The summed E-state index contributed by atoms with van der Waals surface area (Å²) < 4.78 is 6.75. The SMILES string of the molecule is Clc1nc2ccccc2cc1COc1ccc(Br)cc1. The molecule has 3 rings (SSSR count). The van der Waals surface area contributed by atoms with Crippen molar-refractivity contribution < 1.29 is 4.74 Å². The summed E-state index contributed by atoms with van der Waals surface area (Å²) in [6.45, 7) is 0.401. The van der Waals surface area contributed by atoms with Gasteiger partial charge >= 0.3 is 0 Å². The van der Waals surface area contributed by atoms with Gasteiger partial charge < -0.3 is 4.74 Å². The van der Waals surface area contributed by atoms with E-state index >= 15 is 0 Å². The molecule has 0 unspecified atom stereocenters. The third-order valence-electron chi connectivity index (χ3n) is 2.96. The minimum absolute atomic E-state index is 0.401. The molecular formula is C16H11BrClNO. The molecule has 0 radical (unpaired) electrons. The van der Waals surface area contributed by atoms with Gasteiger partial charge in [0, 0.05) is 15.4 Å². The molecule has 0 amide bonds. The Morgan fingerprint density at radius 3 is 2.60 bits per heavy atom. The number of pyridine rings is 1. The lowest BCUT2D eigenvalue weighted by Crippen LogP contribution is -1.98. The van der Waals surface area contributed by atoms with Crippen LogP contribution in [-0.2, 0) is 6.61 Å². The third kappa shape index (κ3) is 2.94. The monoisotopic (exact) mass is 347 g/mol. The van der Waals surface area contributed by atoms with E-state index in [0.29, 0.717) is 11.8 Å². The molecule has 2 aromatic carbocycles. The van der Waals surface area contributed by atoms with E-state index in [1.807, 2.05) is 54.6 Å². The summed E-state index contributed by atoms with van der Waals surface area (Å²) in [5.41, 5.74) is 1.78. The number of aromatic nitrogens is 1. The Morgan fingerprint density at radius 2 is 1.80 bits per heavy atom. The number of ether oxygens (including phenoxy) is 1. The first-order valence-corrected chi connectivity index (χ1v) is 7.32. The van der Waals surface area contributed by atoms with Crippen LogP contribution < -0.4 is 4.74 Å². The fourth-order valence-electron chi connectivity index (χ4n) is 1.93. The Morgan fingerprint density at radius 1 is 1.05 bits per heavy atom. The predicted molar refractivity (Wildman–Crippen MR) is 85.2 cm³/mol. The van der Waals surface area contributed by atoms with Crippen LogP contribution in [0.15, 0.2) is 59.1 Å². The van der Waals surface area contributed by atoms with Gasteiger partial charge in [-0.05, 0) is 36.4 Å². The minimum atomic E-state index is 0.401. The second-order valence-electron chi connectivity index (χ2n) is 4.37. The summed E-state index contributed by atoms with van der Waals surface area (Å²) in [5, 5.41) is 1.55. The maximum atomic E-state index is 6.20. The van der Waals surface area contributed by atoms with E-state index in [9.17, 15) is 0 Å². The van der Waals surface area contributed by atoms with E-state index in [0.717, 1.165) is 26.7 Å². The lowest BCUT2D eigenvalue weighted by Gasteiger charge is -2.08. The van der Waals surface area contributed by atoms with Gasteiger partial charge in [-0.2, -0.15) is 0 Å². The lowest BCUT2D eigenvalue weighted by atomic mass is 10.2. The Hall–Kier alpha value is -1.58. The minimum Gasteiger partial charge on any atom is -0.489 e. The number of nitrogens with zero attached hydrogens (tertiary/aromatic N) is 1.